The number of benzene rings is 2. The zero-order chi connectivity index (χ0) is 21.8. The molecule has 0 radical (unpaired) electrons. The number of carbonyl (C=O) groups excluding carboxylic acids is 2. The molecule has 1 unspecified atom stereocenters. The zero-order valence-corrected chi connectivity index (χ0v) is 18.0. The summed E-state index contributed by atoms with van der Waals surface area (Å²) in [6, 6.07) is 13.6. The third-order valence-electron chi connectivity index (χ3n) is 6.02. The number of nitrogens with zero attached hydrogens (tertiary/aromatic N) is 2. The van der Waals surface area contributed by atoms with Gasteiger partial charge in [-0.25, -0.2) is 0 Å². The molecule has 0 spiro atoms. The van der Waals surface area contributed by atoms with Crippen molar-refractivity contribution in [2.24, 2.45) is 0 Å². The standard InChI is InChI=1S/C25H28N2O4/c1-30-22-13-10-19(17-23(22)31-2)21-5-3-16-27(21)25(29)14-9-18-7-11-20(12-8-18)26-15-4-6-24(26)28/h7-14,17,21H,3-6,15-16H2,1-2H3/b14-9+. The van der Waals surface area contributed by atoms with E-state index in [1.165, 1.54) is 0 Å². The fourth-order valence-corrected chi connectivity index (χ4v) is 4.39. The number of amides is 2. The second-order valence-electron chi connectivity index (χ2n) is 7.88. The Morgan fingerprint density at radius 2 is 1.77 bits per heavy atom. The van der Waals surface area contributed by atoms with E-state index < -0.39 is 0 Å². The van der Waals surface area contributed by atoms with Crippen LogP contribution >= 0.6 is 0 Å². The van der Waals surface area contributed by atoms with Crippen LogP contribution in [0.5, 0.6) is 11.5 Å². The molecule has 2 fully saturated rings. The van der Waals surface area contributed by atoms with Crippen molar-refractivity contribution in [2.75, 3.05) is 32.2 Å². The van der Waals surface area contributed by atoms with Gasteiger partial charge < -0.3 is 19.3 Å². The molecule has 0 N–H and O–H groups in total. The fourth-order valence-electron chi connectivity index (χ4n) is 4.39. The van der Waals surface area contributed by atoms with Gasteiger partial charge in [-0.05, 0) is 60.7 Å². The second kappa shape index (κ2) is 9.25. The van der Waals surface area contributed by atoms with Crippen LogP contribution in [-0.2, 0) is 9.59 Å². The smallest absolute Gasteiger partial charge is 0.247 e. The van der Waals surface area contributed by atoms with Crippen molar-refractivity contribution in [3.63, 3.8) is 0 Å². The molecule has 0 bridgehead atoms. The number of likely N-dealkylation sites (tertiary alicyclic amines) is 1. The fraction of sp³-hybridized carbons (Fsp3) is 0.360. The van der Waals surface area contributed by atoms with Gasteiger partial charge >= 0.3 is 0 Å². The summed E-state index contributed by atoms with van der Waals surface area (Å²) in [5.74, 6) is 1.53. The van der Waals surface area contributed by atoms with E-state index in [1.807, 2.05) is 58.3 Å². The van der Waals surface area contributed by atoms with Crippen molar-refractivity contribution < 1.29 is 19.1 Å². The van der Waals surface area contributed by atoms with Gasteiger partial charge in [0.05, 0.1) is 20.3 Å². The van der Waals surface area contributed by atoms with Gasteiger partial charge in [-0.2, -0.15) is 0 Å². The number of methoxy groups -OCH3 is 2. The normalized spacial score (nSPS) is 18.8. The topological polar surface area (TPSA) is 59.1 Å². The Morgan fingerprint density at radius 1 is 1.00 bits per heavy atom. The lowest BCUT2D eigenvalue weighted by atomic mass is 10.0. The first-order chi connectivity index (χ1) is 15.1. The number of hydrogen-bond donors (Lipinski definition) is 0. The van der Waals surface area contributed by atoms with Gasteiger partial charge in [-0.15, -0.1) is 0 Å². The third-order valence-corrected chi connectivity index (χ3v) is 6.02. The second-order valence-corrected chi connectivity index (χ2v) is 7.88. The highest BCUT2D eigenvalue weighted by Gasteiger charge is 2.29. The Bertz CT molecular complexity index is 984. The van der Waals surface area contributed by atoms with Crippen LogP contribution < -0.4 is 14.4 Å². The molecular weight excluding hydrogens is 392 g/mol. The lowest BCUT2D eigenvalue weighted by Gasteiger charge is -2.24. The van der Waals surface area contributed by atoms with Crippen LogP contribution in [0.25, 0.3) is 6.08 Å². The lowest BCUT2D eigenvalue weighted by molar-refractivity contribution is -0.126. The number of hydrogen-bond acceptors (Lipinski definition) is 4. The molecule has 2 amide bonds. The summed E-state index contributed by atoms with van der Waals surface area (Å²) in [6.07, 6.45) is 6.89. The van der Waals surface area contributed by atoms with Crippen LogP contribution in [0, 0.1) is 0 Å². The van der Waals surface area contributed by atoms with Crippen LogP contribution in [0.1, 0.15) is 42.9 Å². The van der Waals surface area contributed by atoms with Crippen molar-refractivity contribution >= 4 is 23.6 Å². The first kappa shape index (κ1) is 21.0. The van der Waals surface area contributed by atoms with Gasteiger partial charge in [0, 0.05) is 31.3 Å². The molecule has 31 heavy (non-hydrogen) atoms. The van der Waals surface area contributed by atoms with Gasteiger partial charge in [0.2, 0.25) is 11.8 Å². The summed E-state index contributed by atoms with van der Waals surface area (Å²) in [7, 11) is 3.23. The largest absolute Gasteiger partial charge is 0.493 e. The van der Waals surface area contributed by atoms with Gasteiger partial charge in [-0.3, -0.25) is 9.59 Å². The Hall–Kier alpha value is -3.28. The predicted molar refractivity (Wildman–Crippen MR) is 120 cm³/mol. The number of ether oxygens (including phenoxy) is 2. The lowest BCUT2D eigenvalue weighted by Crippen LogP contribution is -2.28. The van der Waals surface area contributed by atoms with E-state index in [0.29, 0.717) is 17.9 Å². The van der Waals surface area contributed by atoms with Crippen LogP contribution in [-0.4, -0.2) is 44.0 Å². The Balaban J connectivity index is 1.45. The van der Waals surface area contributed by atoms with E-state index >= 15 is 0 Å². The number of carbonyl (C=O) groups is 2. The molecule has 4 rings (SSSR count). The van der Waals surface area contributed by atoms with Gasteiger partial charge in [0.1, 0.15) is 0 Å². The van der Waals surface area contributed by atoms with Gasteiger partial charge in [0.25, 0.3) is 0 Å². The molecule has 2 heterocycles. The average molecular weight is 421 g/mol. The molecule has 1 atom stereocenters. The van der Waals surface area contributed by atoms with Gasteiger partial charge in [0.15, 0.2) is 11.5 Å². The highest BCUT2D eigenvalue weighted by molar-refractivity contribution is 5.95. The molecule has 162 valence electrons. The minimum Gasteiger partial charge on any atom is -0.493 e. The molecule has 2 aromatic carbocycles. The van der Waals surface area contributed by atoms with Crippen LogP contribution in [0.4, 0.5) is 5.69 Å². The molecule has 6 heteroatoms. The summed E-state index contributed by atoms with van der Waals surface area (Å²) in [5.41, 5.74) is 2.90. The van der Waals surface area contributed by atoms with Gasteiger partial charge in [-0.1, -0.05) is 18.2 Å². The minimum absolute atomic E-state index is 0.00363. The monoisotopic (exact) mass is 420 g/mol. The molecular formula is C25H28N2O4. The van der Waals surface area contributed by atoms with E-state index in [-0.39, 0.29) is 17.9 Å². The highest BCUT2D eigenvalue weighted by atomic mass is 16.5. The zero-order valence-electron chi connectivity index (χ0n) is 18.0. The first-order valence-electron chi connectivity index (χ1n) is 10.7. The summed E-state index contributed by atoms with van der Waals surface area (Å²) in [6.45, 7) is 1.51. The van der Waals surface area contributed by atoms with Crippen molar-refractivity contribution in [1.82, 2.24) is 4.90 Å². The summed E-state index contributed by atoms with van der Waals surface area (Å²) >= 11 is 0. The molecule has 2 saturated heterocycles. The minimum atomic E-state index is -0.00363. The molecule has 2 aliphatic rings. The molecule has 0 saturated carbocycles. The molecule has 0 aliphatic carbocycles. The number of rotatable bonds is 6. The molecule has 2 aromatic rings. The van der Waals surface area contributed by atoms with Crippen molar-refractivity contribution in [3.05, 3.63) is 59.7 Å². The van der Waals surface area contributed by atoms with Crippen LogP contribution in [0.2, 0.25) is 0 Å². The SMILES string of the molecule is COc1ccc(C2CCCN2C(=O)/C=C/c2ccc(N3CCCC3=O)cc2)cc1OC. The maximum absolute atomic E-state index is 12.9. The Morgan fingerprint density at radius 3 is 2.45 bits per heavy atom. The average Bonchev–Trinajstić information content (AvgIpc) is 3.46. The maximum atomic E-state index is 12.9. The third kappa shape index (κ3) is 4.43. The summed E-state index contributed by atoms with van der Waals surface area (Å²) < 4.78 is 10.7. The highest BCUT2D eigenvalue weighted by Crippen LogP contribution is 2.37. The van der Waals surface area contributed by atoms with E-state index in [1.54, 1.807) is 20.3 Å². The van der Waals surface area contributed by atoms with E-state index in [4.69, 9.17) is 9.47 Å². The van der Waals surface area contributed by atoms with Crippen molar-refractivity contribution in [1.29, 1.82) is 0 Å². The Labute approximate surface area is 183 Å². The Kier molecular flexibility index (Phi) is 6.26. The maximum Gasteiger partial charge on any atom is 0.247 e. The first-order valence-corrected chi connectivity index (χ1v) is 10.7. The van der Waals surface area contributed by atoms with Crippen molar-refractivity contribution in [3.8, 4) is 11.5 Å². The number of anilines is 1. The quantitative estimate of drug-likeness (QED) is 0.657. The van der Waals surface area contributed by atoms with Crippen molar-refractivity contribution in [2.45, 2.75) is 31.7 Å². The molecule has 6 nitrogen and oxygen atoms in total. The van der Waals surface area contributed by atoms with E-state index in [9.17, 15) is 9.59 Å². The predicted octanol–water partition coefficient (Wildman–Crippen LogP) is 4.21. The van der Waals surface area contributed by atoms with Crippen LogP contribution in [0.3, 0.4) is 0 Å². The van der Waals surface area contributed by atoms with E-state index in [0.717, 1.165) is 49.2 Å². The summed E-state index contributed by atoms with van der Waals surface area (Å²) in [5, 5.41) is 0. The summed E-state index contributed by atoms with van der Waals surface area (Å²) in [4.78, 5) is 28.5. The van der Waals surface area contributed by atoms with Crippen LogP contribution in [0.15, 0.2) is 48.5 Å². The van der Waals surface area contributed by atoms with E-state index in [2.05, 4.69) is 0 Å². The molecule has 0 aromatic heterocycles. The molecule has 2 aliphatic heterocycles.